The average Bonchev–Trinajstić information content (AvgIpc) is 3.46. The van der Waals surface area contributed by atoms with Crippen LogP contribution in [0.5, 0.6) is 0 Å². The predicted octanol–water partition coefficient (Wildman–Crippen LogP) is 6.49. The summed E-state index contributed by atoms with van der Waals surface area (Å²) in [5.74, 6) is 1.41. The summed E-state index contributed by atoms with van der Waals surface area (Å²) < 4.78 is 11.3. The third-order valence-corrected chi connectivity index (χ3v) is 6.18. The van der Waals surface area contributed by atoms with E-state index < -0.39 is 5.60 Å². The maximum absolute atomic E-state index is 13.0. The van der Waals surface area contributed by atoms with E-state index in [9.17, 15) is 4.79 Å². The lowest BCUT2D eigenvalue weighted by atomic mass is 9.96. The molecule has 1 amide bonds. The van der Waals surface area contributed by atoms with Gasteiger partial charge in [-0.3, -0.25) is 4.90 Å². The average molecular weight is 462 g/mol. The summed E-state index contributed by atoms with van der Waals surface area (Å²) in [4.78, 5) is 19.4. The SMILES string of the molecule is CC(C)(C)OC(=O)N1C[C@H](c2ccccc2)C[C@H]1c1nc(CCCCCc2ccccc2)no1. The number of benzene rings is 2. The molecule has 1 aliphatic rings. The molecule has 34 heavy (non-hydrogen) atoms. The number of carbonyl (C=O) groups is 1. The number of hydrogen-bond acceptors (Lipinski definition) is 5. The normalized spacial score (nSPS) is 18.3. The van der Waals surface area contributed by atoms with E-state index in [4.69, 9.17) is 9.26 Å². The minimum absolute atomic E-state index is 0.201. The van der Waals surface area contributed by atoms with Crippen LogP contribution in [0.25, 0.3) is 0 Å². The first-order chi connectivity index (χ1) is 16.4. The Morgan fingerprint density at radius 3 is 2.38 bits per heavy atom. The first-order valence-corrected chi connectivity index (χ1v) is 12.3. The Balaban J connectivity index is 1.37. The highest BCUT2D eigenvalue weighted by atomic mass is 16.6. The monoisotopic (exact) mass is 461 g/mol. The van der Waals surface area contributed by atoms with E-state index in [0.29, 0.717) is 18.3 Å². The van der Waals surface area contributed by atoms with Gasteiger partial charge in [0.1, 0.15) is 11.6 Å². The van der Waals surface area contributed by atoms with Gasteiger partial charge in [0.05, 0.1) is 0 Å². The Bertz CT molecular complexity index is 1040. The Labute approximate surface area is 202 Å². The number of amides is 1. The van der Waals surface area contributed by atoms with Crippen LogP contribution in [0, 0.1) is 0 Å². The van der Waals surface area contributed by atoms with Crippen LogP contribution in [-0.4, -0.2) is 33.3 Å². The molecule has 6 nitrogen and oxygen atoms in total. The highest BCUT2D eigenvalue weighted by molar-refractivity contribution is 5.69. The van der Waals surface area contributed by atoms with Crippen molar-refractivity contribution in [1.29, 1.82) is 0 Å². The van der Waals surface area contributed by atoms with E-state index in [2.05, 4.69) is 46.5 Å². The standard InChI is InChI=1S/C28H35N3O3/c1-28(2,3)33-27(32)31-20-23(22-16-10-6-11-17-22)19-24(31)26-29-25(30-34-26)18-12-5-9-15-21-13-7-4-8-14-21/h4,6-8,10-11,13-14,16-17,23-24H,5,9,12,15,18-20H2,1-3H3/t23-,24+/m1/s1. The van der Waals surface area contributed by atoms with Crippen LogP contribution in [0.1, 0.15) is 81.3 Å². The van der Waals surface area contributed by atoms with Gasteiger partial charge in [0.15, 0.2) is 5.82 Å². The maximum atomic E-state index is 13.0. The van der Waals surface area contributed by atoms with Gasteiger partial charge in [0.2, 0.25) is 5.89 Å². The van der Waals surface area contributed by atoms with Crippen LogP contribution in [0.15, 0.2) is 65.2 Å². The number of unbranched alkanes of at least 4 members (excludes halogenated alkanes) is 2. The number of ether oxygens (including phenoxy) is 1. The Kier molecular flexibility index (Phi) is 7.66. The molecule has 3 aromatic rings. The van der Waals surface area contributed by atoms with Crippen LogP contribution in [0.3, 0.4) is 0 Å². The molecule has 6 heteroatoms. The highest BCUT2D eigenvalue weighted by Gasteiger charge is 2.41. The fourth-order valence-corrected chi connectivity index (χ4v) is 4.50. The summed E-state index contributed by atoms with van der Waals surface area (Å²) in [7, 11) is 0. The molecule has 0 bridgehead atoms. The Morgan fingerprint density at radius 2 is 1.68 bits per heavy atom. The summed E-state index contributed by atoms with van der Waals surface area (Å²) in [5.41, 5.74) is 2.02. The molecule has 1 aliphatic heterocycles. The Morgan fingerprint density at radius 1 is 1.00 bits per heavy atom. The molecule has 0 N–H and O–H groups in total. The van der Waals surface area contributed by atoms with Gasteiger partial charge < -0.3 is 9.26 Å². The second-order valence-electron chi connectivity index (χ2n) is 10.1. The zero-order chi connectivity index (χ0) is 24.0. The molecule has 4 rings (SSSR count). The zero-order valence-electron chi connectivity index (χ0n) is 20.4. The van der Waals surface area contributed by atoms with Crippen molar-refractivity contribution in [1.82, 2.24) is 15.0 Å². The maximum Gasteiger partial charge on any atom is 0.410 e. The molecule has 1 aromatic heterocycles. The second-order valence-corrected chi connectivity index (χ2v) is 10.1. The highest BCUT2D eigenvalue weighted by Crippen LogP contribution is 2.40. The van der Waals surface area contributed by atoms with Crippen molar-refractivity contribution in [3.05, 3.63) is 83.5 Å². The molecule has 0 saturated carbocycles. The summed E-state index contributed by atoms with van der Waals surface area (Å²) in [6, 6.07) is 20.6. The fraction of sp³-hybridized carbons (Fsp3) is 0.464. The number of carbonyl (C=O) groups excluding carboxylic acids is 1. The van der Waals surface area contributed by atoms with E-state index in [0.717, 1.165) is 38.5 Å². The van der Waals surface area contributed by atoms with Gasteiger partial charge in [-0.2, -0.15) is 4.98 Å². The van der Waals surface area contributed by atoms with Crippen LogP contribution in [-0.2, 0) is 17.6 Å². The van der Waals surface area contributed by atoms with Crippen molar-refractivity contribution in [3.8, 4) is 0 Å². The predicted molar refractivity (Wildman–Crippen MR) is 131 cm³/mol. The van der Waals surface area contributed by atoms with E-state index in [1.807, 2.05) is 45.0 Å². The van der Waals surface area contributed by atoms with Crippen molar-refractivity contribution < 1.29 is 14.1 Å². The van der Waals surface area contributed by atoms with Crippen molar-refractivity contribution in [2.24, 2.45) is 0 Å². The van der Waals surface area contributed by atoms with E-state index in [-0.39, 0.29) is 18.1 Å². The van der Waals surface area contributed by atoms with Crippen molar-refractivity contribution in [3.63, 3.8) is 0 Å². The fourth-order valence-electron chi connectivity index (χ4n) is 4.50. The summed E-state index contributed by atoms with van der Waals surface area (Å²) >= 11 is 0. The lowest BCUT2D eigenvalue weighted by Gasteiger charge is -2.27. The van der Waals surface area contributed by atoms with E-state index in [1.54, 1.807) is 4.90 Å². The smallest absolute Gasteiger partial charge is 0.410 e. The molecule has 2 aromatic carbocycles. The number of likely N-dealkylation sites (tertiary alicyclic amines) is 1. The molecule has 1 saturated heterocycles. The molecule has 2 atom stereocenters. The third-order valence-electron chi connectivity index (χ3n) is 6.18. The lowest BCUT2D eigenvalue weighted by molar-refractivity contribution is 0.0198. The molecule has 0 unspecified atom stereocenters. The molecular weight excluding hydrogens is 426 g/mol. The summed E-state index contributed by atoms with van der Waals surface area (Å²) in [6.45, 7) is 6.22. The minimum Gasteiger partial charge on any atom is -0.444 e. The Hall–Kier alpha value is -3.15. The topological polar surface area (TPSA) is 68.5 Å². The van der Waals surface area contributed by atoms with Crippen LogP contribution in [0.4, 0.5) is 4.79 Å². The zero-order valence-corrected chi connectivity index (χ0v) is 20.4. The van der Waals surface area contributed by atoms with Gasteiger partial charge in [0, 0.05) is 18.9 Å². The van der Waals surface area contributed by atoms with Gasteiger partial charge in [-0.15, -0.1) is 0 Å². The first-order valence-electron chi connectivity index (χ1n) is 12.3. The van der Waals surface area contributed by atoms with Gasteiger partial charge in [0.25, 0.3) is 0 Å². The molecule has 180 valence electrons. The summed E-state index contributed by atoms with van der Waals surface area (Å²) in [6.07, 6.45) is 5.54. The third kappa shape index (κ3) is 6.46. The molecule has 0 spiro atoms. The number of hydrogen-bond donors (Lipinski definition) is 0. The van der Waals surface area contributed by atoms with Gasteiger partial charge in [-0.1, -0.05) is 72.2 Å². The summed E-state index contributed by atoms with van der Waals surface area (Å²) in [5, 5.41) is 4.22. The molecule has 1 fully saturated rings. The van der Waals surface area contributed by atoms with Crippen LogP contribution < -0.4 is 0 Å². The van der Waals surface area contributed by atoms with Crippen molar-refractivity contribution >= 4 is 6.09 Å². The van der Waals surface area contributed by atoms with E-state index in [1.165, 1.54) is 11.1 Å². The number of aryl methyl sites for hydroxylation is 2. The molecule has 0 radical (unpaired) electrons. The number of rotatable bonds is 8. The van der Waals surface area contributed by atoms with Crippen molar-refractivity contribution in [2.45, 2.75) is 76.9 Å². The van der Waals surface area contributed by atoms with Gasteiger partial charge in [-0.05, 0) is 57.6 Å². The number of nitrogens with zero attached hydrogens (tertiary/aromatic N) is 3. The number of aromatic nitrogens is 2. The largest absolute Gasteiger partial charge is 0.444 e. The van der Waals surface area contributed by atoms with Crippen molar-refractivity contribution in [2.75, 3.05) is 6.54 Å². The van der Waals surface area contributed by atoms with E-state index >= 15 is 0 Å². The van der Waals surface area contributed by atoms with Crippen LogP contribution in [0.2, 0.25) is 0 Å². The molecule has 2 heterocycles. The minimum atomic E-state index is -0.563. The van der Waals surface area contributed by atoms with Gasteiger partial charge >= 0.3 is 6.09 Å². The first kappa shape index (κ1) is 24.0. The van der Waals surface area contributed by atoms with Gasteiger partial charge in [-0.25, -0.2) is 4.79 Å². The quantitative estimate of drug-likeness (QED) is 0.359. The lowest BCUT2D eigenvalue weighted by Crippen LogP contribution is -2.36. The van der Waals surface area contributed by atoms with Crippen LogP contribution >= 0.6 is 0 Å². The molecule has 0 aliphatic carbocycles. The molecular formula is C28H35N3O3. The second kappa shape index (κ2) is 10.9.